The molecule has 1 saturated heterocycles. The van der Waals surface area contributed by atoms with Gasteiger partial charge < -0.3 is 15.4 Å². The summed E-state index contributed by atoms with van der Waals surface area (Å²) in [7, 11) is 0. The highest BCUT2D eigenvalue weighted by molar-refractivity contribution is 5.86. The Morgan fingerprint density at radius 1 is 1.17 bits per heavy atom. The number of hydrogen-bond acceptors (Lipinski definition) is 5. The SMILES string of the molecule is CCN(CC)OCC1C=CC(C2=CC3(CCCNCC3)Oc3ccccc32)=CN1. The monoisotopic (exact) mass is 395 g/mol. The Morgan fingerprint density at radius 2 is 2.03 bits per heavy atom. The molecule has 3 aliphatic heterocycles. The zero-order valence-corrected chi connectivity index (χ0v) is 17.6. The standard InChI is InChI=1S/C24H33N3O2/c1-3-27(4-2)28-18-20-11-10-19(17-26-20)22-16-24(12-7-14-25-15-13-24)29-23-9-6-5-8-21(22)23/h5-6,8-11,16-17,20,25-26H,3-4,7,12-15,18H2,1-2H3. The second kappa shape index (κ2) is 9.16. The van der Waals surface area contributed by atoms with Gasteiger partial charge in [-0.1, -0.05) is 44.2 Å². The molecule has 0 bridgehead atoms. The zero-order chi connectivity index (χ0) is 20.1. The summed E-state index contributed by atoms with van der Waals surface area (Å²) in [5.41, 5.74) is 3.42. The number of benzene rings is 1. The number of nitrogens with one attached hydrogen (secondary N) is 2. The lowest BCUT2D eigenvalue weighted by molar-refractivity contribution is -0.155. The van der Waals surface area contributed by atoms with Gasteiger partial charge >= 0.3 is 0 Å². The van der Waals surface area contributed by atoms with Gasteiger partial charge in [0.2, 0.25) is 0 Å². The van der Waals surface area contributed by atoms with Crippen LogP contribution >= 0.6 is 0 Å². The Morgan fingerprint density at radius 3 is 2.83 bits per heavy atom. The van der Waals surface area contributed by atoms with Crippen LogP contribution in [0.3, 0.4) is 0 Å². The van der Waals surface area contributed by atoms with E-state index in [0.29, 0.717) is 6.61 Å². The highest BCUT2D eigenvalue weighted by Gasteiger charge is 2.36. The van der Waals surface area contributed by atoms with E-state index in [1.54, 1.807) is 0 Å². The maximum Gasteiger partial charge on any atom is 0.129 e. The van der Waals surface area contributed by atoms with Crippen LogP contribution in [0.5, 0.6) is 5.75 Å². The lowest BCUT2D eigenvalue weighted by atomic mass is 9.84. The van der Waals surface area contributed by atoms with Crippen LogP contribution < -0.4 is 15.4 Å². The van der Waals surface area contributed by atoms with Crippen LogP contribution in [0.2, 0.25) is 0 Å². The maximum atomic E-state index is 6.56. The van der Waals surface area contributed by atoms with Crippen LogP contribution in [0.1, 0.15) is 38.7 Å². The number of ether oxygens (including phenoxy) is 1. The molecular formula is C24H33N3O2. The van der Waals surface area contributed by atoms with Crippen molar-refractivity contribution in [3.8, 4) is 5.75 Å². The van der Waals surface area contributed by atoms with Gasteiger partial charge in [0.05, 0.1) is 12.6 Å². The molecule has 2 atom stereocenters. The Hall–Kier alpha value is -2.08. The first-order chi connectivity index (χ1) is 14.2. The largest absolute Gasteiger partial charge is 0.482 e. The lowest BCUT2D eigenvalue weighted by Gasteiger charge is -2.37. The highest BCUT2D eigenvalue weighted by atomic mass is 16.7. The van der Waals surface area contributed by atoms with E-state index in [2.05, 4.69) is 73.2 Å². The summed E-state index contributed by atoms with van der Waals surface area (Å²) < 4.78 is 6.56. The average molecular weight is 396 g/mol. The maximum absolute atomic E-state index is 6.56. The molecule has 5 heteroatoms. The van der Waals surface area contributed by atoms with Crippen molar-refractivity contribution in [2.75, 3.05) is 32.8 Å². The number of rotatable bonds is 6. The van der Waals surface area contributed by atoms with Crippen LogP contribution in [-0.4, -0.2) is 49.5 Å². The van der Waals surface area contributed by atoms with Gasteiger partial charge in [0.15, 0.2) is 0 Å². The van der Waals surface area contributed by atoms with Crippen LogP contribution in [-0.2, 0) is 4.84 Å². The first-order valence-electron chi connectivity index (χ1n) is 11.0. The predicted molar refractivity (Wildman–Crippen MR) is 118 cm³/mol. The smallest absolute Gasteiger partial charge is 0.129 e. The van der Waals surface area contributed by atoms with E-state index in [9.17, 15) is 0 Å². The molecule has 1 spiro atoms. The van der Waals surface area contributed by atoms with Gasteiger partial charge in [0.25, 0.3) is 0 Å². The van der Waals surface area contributed by atoms with E-state index in [1.165, 1.54) is 16.7 Å². The normalized spacial score (nSPS) is 26.2. The van der Waals surface area contributed by atoms with Crippen molar-refractivity contribution in [3.63, 3.8) is 0 Å². The molecule has 1 aromatic carbocycles. The lowest BCUT2D eigenvalue weighted by Crippen LogP contribution is -2.38. The van der Waals surface area contributed by atoms with Gasteiger partial charge in [-0.25, -0.2) is 0 Å². The first kappa shape index (κ1) is 20.2. The van der Waals surface area contributed by atoms with Gasteiger partial charge in [0, 0.05) is 31.3 Å². The van der Waals surface area contributed by atoms with Gasteiger partial charge in [-0.2, -0.15) is 5.06 Å². The molecule has 0 saturated carbocycles. The van der Waals surface area contributed by atoms with Crippen molar-refractivity contribution in [1.29, 1.82) is 0 Å². The molecule has 0 aliphatic carbocycles. The molecule has 0 radical (unpaired) electrons. The zero-order valence-electron chi connectivity index (χ0n) is 17.6. The summed E-state index contributed by atoms with van der Waals surface area (Å²) >= 11 is 0. The van der Waals surface area contributed by atoms with Gasteiger partial charge in [-0.3, -0.25) is 4.84 Å². The molecule has 5 nitrogen and oxygen atoms in total. The second-order valence-electron chi connectivity index (χ2n) is 7.97. The van der Waals surface area contributed by atoms with E-state index in [0.717, 1.165) is 51.2 Å². The molecule has 3 aliphatic rings. The number of hydroxylamine groups is 2. The van der Waals surface area contributed by atoms with E-state index >= 15 is 0 Å². The Labute approximate surface area is 174 Å². The Kier molecular flexibility index (Phi) is 6.38. The molecule has 0 amide bonds. The predicted octanol–water partition coefficient (Wildman–Crippen LogP) is 3.66. The van der Waals surface area contributed by atoms with Crippen molar-refractivity contribution in [2.24, 2.45) is 0 Å². The molecule has 29 heavy (non-hydrogen) atoms. The minimum Gasteiger partial charge on any atom is -0.482 e. The van der Waals surface area contributed by atoms with Gasteiger partial charge in [-0.15, -0.1) is 0 Å². The topological polar surface area (TPSA) is 45.8 Å². The Bertz CT molecular complexity index is 787. The van der Waals surface area contributed by atoms with E-state index < -0.39 is 0 Å². The molecule has 3 heterocycles. The minimum absolute atomic E-state index is 0.186. The fraction of sp³-hybridized carbons (Fsp3) is 0.500. The molecule has 1 fully saturated rings. The third-order valence-electron chi connectivity index (χ3n) is 5.99. The number of nitrogens with zero attached hydrogens (tertiary/aromatic N) is 1. The van der Waals surface area contributed by atoms with E-state index in [1.807, 2.05) is 5.06 Å². The number of fused-ring (bicyclic) bond motifs is 1. The molecule has 0 aromatic heterocycles. The quantitative estimate of drug-likeness (QED) is 0.720. The number of dihydropyridines is 1. The number of hydrogen-bond donors (Lipinski definition) is 2. The summed E-state index contributed by atoms with van der Waals surface area (Å²) in [6.45, 7) is 8.71. The molecular weight excluding hydrogens is 362 g/mol. The van der Waals surface area contributed by atoms with Crippen molar-refractivity contribution < 1.29 is 9.57 Å². The van der Waals surface area contributed by atoms with Crippen LogP contribution in [0, 0.1) is 0 Å². The molecule has 156 valence electrons. The minimum atomic E-state index is -0.218. The van der Waals surface area contributed by atoms with Crippen molar-refractivity contribution in [2.45, 2.75) is 44.8 Å². The third kappa shape index (κ3) is 4.58. The van der Waals surface area contributed by atoms with Crippen molar-refractivity contribution in [1.82, 2.24) is 15.7 Å². The average Bonchev–Trinajstić information content (AvgIpc) is 2.99. The third-order valence-corrected chi connectivity index (χ3v) is 5.99. The molecule has 4 rings (SSSR count). The van der Waals surface area contributed by atoms with Crippen LogP contribution in [0.4, 0.5) is 0 Å². The summed E-state index contributed by atoms with van der Waals surface area (Å²) in [5.74, 6) is 0.994. The highest BCUT2D eigenvalue weighted by Crippen LogP contribution is 2.43. The van der Waals surface area contributed by atoms with Crippen LogP contribution in [0.15, 0.2) is 54.3 Å². The second-order valence-corrected chi connectivity index (χ2v) is 7.97. The van der Waals surface area contributed by atoms with E-state index in [4.69, 9.17) is 9.57 Å². The fourth-order valence-corrected chi connectivity index (χ4v) is 4.30. The fourth-order valence-electron chi connectivity index (χ4n) is 4.30. The number of para-hydroxylation sites is 1. The molecule has 2 unspecified atom stereocenters. The van der Waals surface area contributed by atoms with Crippen molar-refractivity contribution in [3.05, 3.63) is 59.8 Å². The van der Waals surface area contributed by atoms with Crippen LogP contribution in [0.25, 0.3) is 5.57 Å². The van der Waals surface area contributed by atoms with Crippen molar-refractivity contribution >= 4 is 5.57 Å². The molecule has 2 N–H and O–H groups in total. The Balaban J connectivity index is 1.54. The van der Waals surface area contributed by atoms with E-state index in [-0.39, 0.29) is 11.6 Å². The summed E-state index contributed by atoms with van der Waals surface area (Å²) in [6, 6.07) is 8.60. The van der Waals surface area contributed by atoms with Gasteiger partial charge in [-0.05, 0) is 49.2 Å². The summed E-state index contributed by atoms with van der Waals surface area (Å²) in [4.78, 5) is 5.87. The number of allylic oxidation sites excluding steroid dienone is 3. The first-order valence-corrected chi connectivity index (χ1v) is 11.0. The summed E-state index contributed by atoms with van der Waals surface area (Å²) in [5, 5.41) is 9.00. The van der Waals surface area contributed by atoms with Gasteiger partial charge in [0.1, 0.15) is 11.4 Å². The summed E-state index contributed by atoms with van der Waals surface area (Å²) in [6.07, 6.45) is 12.1. The molecule has 1 aromatic rings.